The molecule has 1 unspecified atom stereocenters. The number of aryl methyl sites for hydroxylation is 1. The van der Waals surface area contributed by atoms with Crippen molar-refractivity contribution in [3.63, 3.8) is 0 Å². The molecule has 102 valence electrons. The van der Waals surface area contributed by atoms with E-state index in [9.17, 15) is 4.21 Å². The van der Waals surface area contributed by atoms with Crippen molar-refractivity contribution in [3.05, 3.63) is 35.4 Å². The molecule has 0 bridgehead atoms. The van der Waals surface area contributed by atoms with Crippen LogP contribution in [-0.2, 0) is 21.3 Å². The number of hydrogen-bond donors (Lipinski definition) is 1. The predicted octanol–water partition coefficient (Wildman–Crippen LogP) is 1.87. The fourth-order valence-corrected chi connectivity index (χ4v) is 2.88. The summed E-state index contributed by atoms with van der Waals surface area (Å²) in [5, 5.41) is 3.26. The number of ether oxygens (including phenoxy) is 1. The van der Waals surface area contributed by atoms with Gasteiger partial charge in [-0.15, -0.1) is 0 Å². The minimum Gasteiger partial charge on any atom is -0.383 e. The van der Waals surface area contributed by atoms with E-state index in [0.717, 1.165) is 31.9 Å². The van der Waals surface area contributed by atoms with Crippen molar-refractivity contribution >= 4 is 10.8 Å². The molecule has 0 aliphatic carbocycles. The molecule has 0 saturated carbocycles. The average Bonchev–Trinajstić information content (AvgIpc) is 2.33. The molecular formula is C14H23NO2S. The number of rotatable bonds is 9. The van der Waals surface area contributed by atoms with Gasteiger partial charge >= 0.3 is 0 Å². The molecule has 4 heteroatoms. The molecule has 0 heterocycles. The Bertz CT molecular complexity index is 369. The molecular weight excluding hydrogens is 246 g/mol. The van der Waals surface area contributed by atoms with Gasteiger partial charge in [0.25, 0.3) is 0 Å². The Kier molecular flexibility index (Phi) is 7.89. The summed E-state index contributed by atoms with van der Waals surface area (Å²) in [5.74, 6) is 1.42. The maximum absolute atomic E-state index is 11.9. The molecule has 0 aromatic heterocycles. The summed E-state index contributed by atoms with van der Waals surface area (Å²) in [4.78, 5) is 0. The zero-order valence-corrected chi connectivity index (χ0v) is 12.1. The molecule has 1 aromatic carbocycles. The topological polar surface area (TPSA) is 38.3 Å². The molecule has 0 saturated heterocycles. The molecule has 0 amide bonds. The largest absolute Gasteiger partial charge is 0.383 e. The lowest BCUT2D eigenvalue weighted by molar-refractivity contribution is 0.199. The second kappa shape index (κ2) is 9.25. The summed E-state index contributed by atoms with van der Waals surface area (Å²) >= 11 is 0. The highest BCUT2D eigenvalue weighted by Gasteiger charge is 2.01. The van der Waals surface area contributed by atoms with Gasteiger partial charge in [-0.2, -0.15) is 0 Å². The first-order valence-corrected chi connectivity index (χ1v) is 7.81. The molecule has 1 atom stereocenters. The summed E-state index contributed by atoms with van der Waals surface area (Å²) in [5.41, 5.74) is 2.39. The summed E-state index contributed by atoms with van der Waals surface area (Å²) < 4.78 is 16.8. The second-order valence-corrected chi connectivity index (χ2v) is 5.95. The Morgan fingerprint density at radius 1 is 1.33 bits per heavy atom. The van der Waals surface area contributed by atoms with Crippen LogP contribution < -0.4 is 5.32 Å². The quantitative estimate of drug-likeness (QED) is 0.696. The van der Waals surface area contributed by atoms with Crippen molar-refractivity contribution in [1.29, 1.82) is 0 Å². The Morgan fingerprint density at radius 3 is 2.89 bits per heavy atom. The zero-order chi connectivity index (χ0) is 13.2. The smallest absolute Gasteiger partial charge is 0.0587 e. The van der Waals surface area contributed by atoms with Crippen LogP contribution in [0, 0.1) is 6.92 Å². The van der Waals surface area contributed by atoms with Crippen LogP contribution >= 0.6 is 0 Å². The van der Waals surface area contributed by atoms with Gasteiger partial charge in [-0.3, -0.25) is 4.21 Å². The first-order chi connectivity index (χ1) is 8.72. The van der Waals surface area contributed by atoms with E-state index in [1.165, 1.54) is 11.1 Å². The predicted molar refractivity (Wildman–Crippen MR) is 77.3 cm³/mol. The van der Waals surface area contributed by atoms with Gasteiger partial charge in [0.05, 0.1) is 6.61 Å². The Morgan fingerprint density at radius 2 is 2.17 bits per heavy atom. The van der Waals surface area contributed by atoms with Gasteiger partial charge in [-0.25, -0.2) is 0 Å². The lowest BCUT2D eigenvalue weighted by Gasteiger charge is -2.05. The van der Waals surface area contributed by atoms with Crippen LogP contribution in [0.4, 0.5) is 0 Å². The fraction of sp³-hybridized carbons (Fsp3) is 0.571. The third-order valence-electron chi connectivity index (χ3n) is 2.62. The van der Waals surface area contributed by atoms with E-state index in [0.29, 0.717) is 5.75 Å². The van der Waals surface area contributed by atoms with Crippen molar-refractivity contribution < 1.29 is 8.95 Å². The van der Waals surface area contributed by atoms with Crippen LogP contribution in [-0.4, -0.2) is 36.8 Å². The summed E-state index contributed by atoms with van der Waals surface area (Å²) in [6, 6.07) is 8.23. The van der Waals surface area contributed by atoms with E-state index < -0.39 is 10.8 Å². The summed E-state index contributed by atoms with van der Waals surface area (Å²) in [6.45, 7) is 4.56. The van der Waals surface area contributed by atoms with E-state index in [4.69, 9.17) is 4.74 Å². The van der Waals surface area contributed by atoms with Crippen molar-refractivity contribution in [2.24, 2.45) is 0 Å². The van der Waals surface area contributed by atoms with Gasteiger partial charge in [0.1, 0.15) is 0 Å². The second-order valence-electron chi connectivity index (χ2n) is 4.37. The van der Waals surface area contributed by atoms with Gasteiger partial charge in [-0.1, -0.05) is 29.8 Å². The number of methoxy groups -OCH3 is 1. The Balaban J connectivity index is 2.14. The summed E-state index contributed by atoms with van der Waals surface area (Å²) in [6.07, 6.45) is 0.947. The zero-order valence-electron chi connectivity index (χ0n) is 11.3. The van der Waals surface area contributed by atoms with Gasteiger partial charge < -0.3 is 10.1 Å². The molecule has 1 rings (SSSR count). The maximum Gasteiger partial charge on any atom is 0.0587 e. The highest BCUT2D eigenvalue weighted by atomic mass is 32.2. The van der Waals surface area contributed by atoms with Crippen molar-refractivity contribution in [2.45, 2.75) is 19.1 Å². The monoisotopic (exact) mass is 269 g/mol. The van der Waals surface area contributed by atoms with Gasteiger partial charge in [0.2, 0.25) is 0 Å². The van der Waals surface area contributed by atoms with Crippen LogP contribution in [0.25, 0.3) is 0 Å². The van der Waals surface area contributed by atoms with Gasteiger partial charge in [0.15, 0.2) is 0 Å². The van der Waals surface area contributed by atoms with Crippen LogP contribution in [0.3, 0.4) is 0 Å². The first kappa shape index (κ1) is 15.3. The molecule has 3 nitrogen and oxygen atoms in total. The lowest BCUT2D eigenvalue weighted by atomic mass is 10.2. The average molecular weight is 269 g/mol. The fourth-order valence-electron chi connectivity index (χ4n) is 1.72. The SMILES string of the molecule is COCCNCCCS(=O)Cc1cccc(C)c1. The number of benzene rings is 1. The Hall–Kier alpha value is -0.710. The molecule has 1 aromatic rings. The van der Waals surface area contributed by atoms with E-state index in [2.05, 4.69) is 24.4 Å². The van der Waals surface area contributed by atoms with Crippen LogP contribution in [0.15, 0.2) is 24.3 Å². The van der Waals surface area contributed by atoms with Crippen molar-refractivity contribution in [2.75, 3.05) is 32.6 Å². The minimum absolute atomic E-state index is 0.666. The standard InChI is InChI=1S/C14H23NO2S/c1-13-5-3-6-14(11-13)12-18(16)10-4-7-15-8-9-17-2/h3,5-6,11,15H,4,7-10,12H2,1-2H3. The third-order valence-corrected chi connectivity index (χ3v) is 4.02. The van der Waals surface area contributed by atoms with Crippen LogP contribution in [0.2, 0.25) is 0 Å². The minimum atomic E-state index is -0.758. The van der Waals surface area contributed by atoms with Crippen molar-refractivity contribution in [3.8, 4) is 0 Å². The number of hydrogen-bond acceptors (Lipinski definition) is 3. The number of nitrogens with one attached hydrogen (secondary N) is 1. The van der Waals surface area contributed by atoms with Crippen LogP contribution in [0.5, 0.6) is 0 Å². The normalized spacial score (nSPS) is 12.6. The van der Waals surface area contributed by atoms with Gasteiger partial charge in [-0.05, 0) is 25.5 Å². The molecule has 0 radical (unpaired) electrons. The third kappa shape index (κ3) is 6.89. The highest BCUT2D eigenvalue weighted by molar-refractivity contribution is 7.84. The van der Waals surface area contributed by atoms with E-state index in [1.807, 2.05) is 12.1 Å². The molecule has 0 aliphatic rings. The molecule has 1 N–H and O–H groups in total. The maximum atomic E-state index is 11.9. The van der Waals surface area contributed by atoms with E-state index in [-0.39, 0.29) is 0 Å². The van der Waals surface area contributed by atoms with Crippen molar-refractivity contribution in [1.82, 2.24) is 5.32 Å². The first-order valence-electron chi connectivity index (χ1n) is 6.32. The highest BCUT2D eigenvalue weighted by Crippen LogP contribution is 2.07. The Labute approximate surface area is 112 Å². The molecule has 0 aliphatic heterocycles. The summed E-state index contributed by atoms with van der Waals surface area (Å²) in [7, 11) is 0.935. The van der Waals surface area contributed by atoms with E-state index in [1.54, 1.807) is 7.11 Å². The molecule has 18 heavy (non-hydrogen) atoms. The van der Waals surface area contributed by atoms with Crippen LogP contribution in [0.1, 0.15) is 17.5 Å². The molecule has 0 spiro atoms. The van der Waals surface area contributed by atoms with Gasteiger partial charge in [0, 0.05) is 36.0 Å². The molecule has 0 fully saturated rings. The lowest BCUT2D eigenvalue weighted by Crippen LogP contribution is -2.21. The van der Waals surface area contributed by atoms with E-state index >= 15 is 0 Å².